The standard InChI is InChI=1S/C17H24N2OS/c1-5-18-11-14-16(17(2,3)4)19-15(21-14)12-20-13-9-7-6-8-10-13/h6-10,18H,5,11-12H2,1-4H3. The molecule has 0 unspecified atom stereocenters. The molecule has 21 heavy (non-hydrogen) atoms. The lowest BCUT2D eigenvalue weighted by Crippen LogP contribution is -2.18. The van der Waals surface area contributed by atoms with Crippen molar-refractivity contribution in [2.24, 2.45) is 0 Å². The van der Waals surface area contributed by atoms with Crippen LogP contribution in [0.4, 0.5) is 0 Å². The predicted molar refractivity (Wildman–Crippen MR) is 89.0 cm³/mol. The number of benzene rings is 1. The van der Waals surface area contributed by atoms with Crippen LogP contribution in [-0.4, -0.2) is 11.5 Å². The van der Waals surface area contributed by atoms with Crippen molar-refractivity contribution in [1.82, 2.24) is 10.3 Å². The van der Waals surface area contributed by atoms with Gasteiger partial charge in [-0.2, -0.15) is 0 Å². The fourth-order valence-corrected chi connectivity index (χ4v) is 3.23. The molecule has 2 aromatic rings. The van der Waals surface area contributed by atoms with Crippen LogP contribution in [0.25, 0.3) is 0 Å². The van der Waals surface area contributed by atoms with Crippen molar-refractivity contribution in [2.45, 2.75) is 46.3 Å². The van der Waals surface area contributed by atoms with E-state index in [2.05, 4.69) is 33.0 Å². The number of rotatable bonds is 6. The first-order chi connectivity index (χ1) is 10.0. The number of hydrogen-bond acceptors (Lipinski definition) is 4. The second kappa shape index (κ2) is 7.05. The van der Waals surface area contributed by atoms with Crippen LogP contribution in [0.2, 0.25) is 0 Å². The van der Waals surface area contributed by atoms with Gasteiger partial charge in [0.1, 0.15) is 17.4 Å². The largest absolute Gasteiger partial charge is 0.486 e. The van der Waals surface area contributed by atoms with Crippen LogP contribution in [0.5, 0.6) is 5.75 Å². The highest BCUT2D eigenvalue weighted by molar-refractivity contribution is 7.11. The van der Waals surface area contributed by atoms with Gasteiger partial charge < -0.3 is 10.1 Å². The Bertz CT molecular complexity index is 558. The maximum absolute atomic E-state index is 5.81. The van der Waals surface area contributed by atoms with E-state index in [4.69, 9.17) is 9.72 Å². The van der Waals surface area contributed by atoms with Gasteiger partial charge in [-0.05, 0) is 18.7 Å². The number of hydrogen-bond donors (Lipinski definition) is 1. The van der Waals surface area contributed by atoms with Gasteiger partial charge in [0.25, 0.3) is 0 Å². The van der Waals surface area contributed by atoms with Gasteiger partial charge in [-0.3, -0.25) is 0 Å². The molecule has 3 nitrogen and oxygen atoms in total. The molecular formula is C17H24N2OS. The lowest BCUT2D eigenvalue weighted by molar-refractivity contribution is 0.305. The molecule has 0 radical (unpaired) electrons. The summed E-state index contributed by atoms with van der Waals surface area (Å²) in [5, 5.41) is 4.43. The summed E-state index contributed by atoms with van der Waals surface area (Å²) in [6, 6.07) is 9.89. The second-order valence-electron chi connectivity index (χ2n) is 6.01. The van der Waals surface area contributed by atoms with Crippen LogP contribution >= 0.6 is 11.3 Å². The lowest BCUT2D eigenvalue weighted by Gasteiger charge is -2.17. The minimum atomic E-state index is 0.0618. The molecule has 0 bridgehead atoms. The minimum absolute atomic E-state index is 0.0618. The van der Waals surface area contributed by atoms with Gasteiger partial charge in [0, 0.05) is 16.8 Å². The third-order valence-electron chi connectivity index (χ3n) is 3.09. The van der Waals surface area contributed by atoms with Gasteiger partial charge in [-0.1, -0.05) is 45.9 Å². The van der Waals surface area contributed by atoms with Crippen LogP contribution in [0, 0.1) is 0 Å². The maximum Gasteiger partial charge on any atom is 0.140 e. The molecule has 0 aliphatic heterocycles. The SMILES string of the molecule is CCNCc1sc(COc2ccccc2)nc1C(C)(C)C. The van der Waals surface area contributed by atoms with Gasteiger partial charge in [0.2, 0.25) is 0 Å². The number of nitrogens with one attached hydrogen (secondary N) is 1. The van der Waals surface area contributed by atoms with Crippen LogP contribution in [0.1, 0.15) is 43.3 Å². The molecule has 0 fully saturated rings. The fourth-order valence-electron chi connectivity index (χ4n) is 2.07. The highest BCUT2D eigenvalue weighted by Crippen LogP contribution is 2.30. The molecule has 0 saturated carbocycles. The average Bonchev–Trinajstić information content (AvgIpc) is 2.87. The first-order valence-electron chi connectivity index (χ1n) is 7.38. The van der Waals surface area contributed by atoms with E-state index in [-0.39, 0.29) is 5.41 Å². The summed E-state index contributed by atoms with van der Waals surface area (Å²) < 4.78 is 5.81. The Morgan fingerprint density at radius 1 is 1.19 bits per heavy atom. The zero-order valence-corrected chi connectivity index (χ0v) is 14.1. The Morgan fingerprint density at radius 3 is 2.52 bits per heavy atom. The molecule has 114 valence electrons. The molecule has 0 spiro atoms. The Morgan fingerprint density at radius 2 is 1.90 bits per heavy atom. The summed E-state index contributed by atoms with van der Waals surface area (Å²) in [7, 11) is 0. The van der Waals surface area contributed by atoms with E-state index < -0.39 is 0 Å². The lowest BCUT2D eigenvalue weighted by atomic mass is 9.91. The van der Waals surface area contributed by atoms with E-state index in [0.29, 0.717) is 6.61 Å². The molecule has 4 heteroatoms. The Kier molecular flexibility index (Phi) is 5.37. The smallest absolute Gasteiger partial charge is 0.140 e. The van der Waals surface area contributed by atoms with E-state index in [0.717, 1.165) is 23.8 Å². The van der Waals surface area contributed by atoms with Gasteiger partial charge in [0.15, 0.2) is 0 Å². The van der Waals surface area contributed by atoms with Crippen LogP contribution in [0.3, 0.4) is 0 Å². The van der Waals surface area contributed by atoms with Crippen molar-refractivity contribution in [3.63, 3.8) is 0 Å². The molecule has 0 aliphatic rings. The zero-order chi connectivity index (χ0) is 15.3. The van der Waals surface area contributed by atoms with Crippen LogP contribution in [0.15, 0.2) is 30.3 Å². The van der Waals surface area contributed by atoms with E-state index in [1.807, 2.05) is 30.3 Å². The molecule has 1 aromatic heterocycles. The predicted octanol–water partition coefficient (Wildman–Crippen LogP) is 4.13. The second-order valence-corrected chi connectivity index (χ2v) is 7.18. The summed E-state index contributed by atoms with van der Waals surface area (Å²) in [4.78, 5) is 6.12. The van der Waals surface area contributed by atoms with Crippen molar-refractivity contribution in [3.8, 4) is 5.75 Å². The molecular weight excluding hydrogens is 280 g/mol. The molecule has 1 N–H and O–H groups in total. The van der Waals surface area contributed by atoms with Crippen molar-refractivity contribution in [1.29, 1.82) is 0 Å². The summed E-state index contributed by atoms with van der Waals surface area (Å²) in [6.07, 6.45) is 0. The van der Waals surface area contributed by atoms with Gasteiger partial charge in [0.05, 0.1) is 5.69 Å². The van der Waals surface area contributed by atoms with Crippen LogP contribution < -0.4 is 10.1 Å². The minimum Gasteiger partial charge on any atom is -0.486 e. The Balaban J connectivity index is 2.11. The van der Waals surface area contributed by atoms with Crippen molar-refractivity contribution in [3.05, 3.63) is 45.9 Å². The van der Waals surface area contributed by atoms with E-state index >= 15 is 0 Å². The topological polar surface area (TPSA) is 34.1 Å². The van der Waals surface area contributed by atoms with Crippen molar-refractivity contribution in [2.75, 3.05) is 6.54 Å². The third-order valence-corrected chi connectivity index (χ3v) is 4.12. The molecule has 0 atom stereocenters. The summed E-state index contributed by atoms with van der Waals surface area (Å²) in [6.45, 7) is 11.1. The molecule has 0 saturated heterocycles. The van der Waals surface area contributed by atoms with Crippen molar-refractivity contribution >= 4 is 11.3 Å². The van der Waals surface area contributed by atoms with Gasteiger partial charge >= 0.3 is 0 Å². The maximum atomic E-state index is 5.81. The summed E-state index contributed by atoms with van der Waals surface area (Å²) >= 11 is 1.75. The molecule has 2 rings (SSSR count). The fraction of sp³-hybridized carbons (Fsp3) is 0.471. The first kappa shape index (κ1) is 16.0. The number of para-hydroxylation sites is 1. The highest BCUT2D eigenvalue weighted by Gasteiger charge is 2.23. The van der Waals surface area contributed by atoms with Crippen molar-refractivity contribution < 1.29 is 4.74 Å². The number of thiazole rings is 1. The molecule has 0 aliphatic carbocycles. The Labute approximate surface area is 131 Å². The Hall–Kier alpha value is -1.39. The molecule has 1 aromatic carbocycles. The van der Waals surface area contributed by atoms with Crippen LogP contribution in [-0.2, 0) is 18.6 Å². The molecule has 1 heterocycles. The average molecular weight is 304 g/mol. The van der Waals surface area contributed by atoms with Gasteiger partial charge in [-0.15, -0.1) is 11.3 Å². The zero-order valence-electron chi connectivity index (χ0n) is 13.3. The number of nitrogens with zero attached hydrogens (tertiary/aromatic N) is 1. The number of ether oxygens (including phenoxy) is 1. The highest BCUT2D eigenvalue weighted by atomic mass is 32.1. The first-order valence-corrected chi connectivity index (χ1v) is 8.20. The summed E-state index contributed by atoms with van der Waals surface area (Å²) in [5.41, 5.74) is 1.24. The monoisotopic (exact) mass is 304 g/mol. The van der Waals surface area contributed by atoms with Gasteiger partial charge in [-0.25, -0.2) is 4.98 Å². The van der Waals surface area contributed by atoms with E-state index in [9.17, 15) is 0 Å². The number of aromatic nitrogens is 1. The third kappa shape index (κ3) is 4.55. The molecule has 0 amide bonds. The quantitative estimate of drug-likeness (QED) is 0.871. The van der Waals surface area contributed by atoms with E-state index in [1.165, 1.54) is 10.6 Å². The normalized spacial score (nSPS) is 11.6. The van der Waals surface area contributed by atoms with E-state index in [1.54, 1.807) is 11.3 Å². The summed E-state index contributed by atoms with van der Waals surface area (Å²) in [5.74, 6) is 0.887.